The summed E-state index contributed by atoms with van der Waals surface area (Å²) in [5, 5.41) is 9.68. The zero-order valence-electron chi connectivity index (χ0n) is 7.66. The molecule has 0 radical (unpaired) electrons. The van der Waals surface area contributed by atoms with Crippen molar-refractivity contribution in [3.63, 3.8) is 0 Å². The van der Waals surface area contributed by atoms with Crippen LogP contribution in [0.1, 0.15) is 24.0 Å². The standard InChI is InChI=1S/C11H15NO/c12-8-10-3-1-9(2-4-10)7-11(13)5-6-11/h1-4,13H,5-8,12H2. The lowest BCUT2D eigenvalue weighted by Gasteiger charge is -2.07. The normalized spacial score (nSPS) is 18.6. The van der Waals surface area contributed by atoms with Gasteiger partial charge in [0.2, 0.25) is 0 Å². The molecule has 0 atom stereocenters. The molecule has 0 spiro atoms. The first kappa shape index (κ1) is 8.73. The maximum absolute atomic E-state index is 9.68. The number of rotatable bonds is 3. The minimum Gasteiger partial charge on any atom is -0.390 e. The Morgan fingerprint density at radius 3 is 2.15 bits per heavy atom. The maximum Gasteiger partial charge on any atom is 0.0690 e. The Bertz CT molecular complexity index is 287. The van der Waals surface area contributed by atoms with Crippen LogP contribution in [0.15, 0.2) is 24.3 Å². The zero-order valence-corrected chi connectivity index (χ0v) is 7.66. The summed E-state index contributed by atoms with van der Waals surface area (Å²) in [5.74, 6) is 0. The van der Waals surface area contributed by atoms with Gasteiger partial charge in [0, 0.05) is 13.0 Å². The van der Waals surface area contributed by atoms with E-state index < -0.39 is 0 Å². The molecule has 1 aromatic rings. The van der Waals surface area contributed by atoms with Gasteiger partial charge in [-0.05, 0) is 24.0 Å². The Hall–Kier alpha value is -0.860. The predicted molar refractivity (Wildman–Crippen MR) is 52.2 cm³/mol. The van der Waals surface area contributed by atoms with Gasteiger partial charge in [0.1, 0.15) is 0 Å². The van der Waals surface area contributed by atoms with E-state index in [1.165, 1.54) is 5.56 Å². The van der Waals surface area contributed by atoms with Gasteiger partial charge in [0.15, 0.2) is 0 Å². The van der Waals surface area contributed by atoms with Crippen LogP contribution in [-0.4, -0.2) is 10.7 Å². The van der Waals surface area contributed by atoms with E-state index in [1.54, 1.807) is 0 Å². The molecule has 0 bridgehead atoms. The molecule has 1 aliphatic carbocycles. The van der Waals surface area contributed by atoms with Gasteiger partial charge in [-0.25, -0.2) is 0 Å². The molecule has 1 aliphatic rings. The Morgan fingerprint density at radius 2 is 1.69 bits per heavy atom. The highest BCUT2D eigenvalue weighted by Crippen LogP contribution is 2.38. The van der Waals surface area contributed by atoms with Gasteiger partial charge in [-0.3, -0.25) is 0 Å². The molecule has 0 amide bonds. The summed E-state index contributed by atoms with van der Waals surface area (Å²) in [6, 6.07) is 8.17. The SMILES string of the molecule is NCc1ccc(CC2(O)CC2)cc1. The summed E-state index contributed by atoms with van der Waals surface area (Å²) in [6.07, 6.45) is 2.69. The second kappa shape index (κ2) is 3.13. The van der Waals surface area contributed by atoms with Crippen molar-refractivity contribution in [3.8, 4) is 0 Å². The Balaban J connectivity index is 2.05. The van der Waals surface area contributed by atoms with Crippen LogP contribution in [0.2, 0.25) is 0 Å². The van der Waals surface area contributed by atoms with E-state index in [0.29, 0.717) is 6.54 Å². The molecule has 2 nitrogen and oxygen atoms in total. The summed E-state index contributed by atoms with van der Waals surface area (Å²) in [5.41, 5.74) is 7.46. The third-order valence-corrected chi connectivity index (χ3v) is 2.62. The van der Waals surface area contributed by atoms with E-state index in [-0.39, 0.29) is 5.60 Å². The van der Waals surface area contributed by atoms with Gasteiger partial charge in [-0.2, -0.15) is 0 Å². The summed E-state index contributed by atoms with van der Waals surface area (Å²) in [4.78, 5) is 0. The molecule has 0 aromatic heterocycles. The highest BCUT2D eigenvalue weighted by Gasteiger charge is 2.39. The second-order valence-electron chi connectivity index (χ2n) is 3.92. The molecule has 70 valence electrons. The predicted octanol–water partition coefficient (Wildman–Crippen LogP) is 1.21. The quantitative estimate of drug-likeness (QED) is 0.729. The molecular weight excluding hydrogens is 162 g/mol. The highest BCUT2D eigenvalue weighted by atomic mass is 16.3. The third kappa shape index (κ3) is 2.08. The first-order valence-electron chi connectivity index (χ1n) is 4.72. The number of hydrogen-bond acceptors (Lipinski definition) is 2. The van der Waals surface area contributed by atoms with E-state index in [4.69, 9.17) is 5.73 Å². The zero-order chi connectivity index (χ0) is 9.31. The minimum absolute atomic E-state index is 0.385. The summed E-state index contributed by atoms with van der Waals surface area (Å²) < 4.78 is 0. The van der Waals surface area contributed by atoms with E-state index in [1.807, 2.05) is 12.1 Å². The lowest BCUT2D eigenvalue weighted by Crippen LogP contribution is -2.10. The summed E-state index contributed by atoms with van der Waals surface area (Å²) in [7, 11) is 0. The summed E-state index contributed by atoms with van der Waals surface area (Å²) >= 11 is 0. The molecular formula is C11H15NO. The monoisotopic (exact) mass is 177 g/mol. The van der Waals surface area contributed by atoms with Crippen LogP contribution in [0, 0.1) is 0 Å². The van der Waals surface area contributed by atoms with Crippen LogP contribution in [-0.2, 0) is 13.0 Å². The second-order valence-corrected chi connectivity index (χ2v) is 3.92. The fourth-order valence-electron chi connectivity index (χ4n) is 1.49. The lowest BCUT2D eigenvalue weighted by molar-refractivity contribution is 0.151. The van der Waals surface area contributed by atoms with Gasteiger partial charge in [-0.1, -0.05) is 24.3 Å². The first-order valence-corrected chi connectivity index (χ1v) is 4.72. The maximum atomic E-state index is 9.68. The van der Waals surface area contributed by atoms with Crippen LogP contribution < -0.4 is 5.73 Å². The van der Waals surface area contributed by atoms with E-state index in [9.17, 15) is 5.11 Å². The number of hydrogen-bond donors (Lipinski definition) is 2. The number of nitrogens with two attached hydrogens (primary N) is 1. The third-order valence-electron chi connectivity index (χ3n) is 2.62. The van der Waals surface area contributed by atoms with Crippen LogP contribution >= 0.6 is 0 Å². The molecule has 0 saturated heterocycles. The van der Waals surface area contributed by atoms with Gasteiger partial charge in [-0.15, -0.1) is 0 Å². The van der Waals surface area contributed by atoms with E-state index >= 15 is 0 Å². The smallest absolute Gasteiger partial charge is 0.0690 e. The molecule has 1 fully saturated rings. The Morgan fingerprint density at radius 1 is 1.15 bits per heavy atom. The Labute approximate surface area is 78.4 Å². The molecule has 13 heavy (non-hydrogen) atoms. The molecule has 0 aliphatic heterocycles. The highest BCUT2D eigenvalue weighted by molar-refractivity contribution is 5.24. The fraction of sp³-hybridized carbons (Fsp3) is 0.455. The van der Waals surface area contributed by atoms with Crippen molar-refractivity contribution >= 4 is 0 Å². The van der Waals surface area contributed by atoms with Gasteiger partial charge < -0.3 is 10.8 Å². The van der Waals surface area contributed by atoms with Crippen molar-refractivity contribution in [1.82, 2.24) is 0 Å². The molecule has 1 saturated carbocycles. The van der Waals surface area contributed by atoms with Crippen LogP contribution in [0.25, 0.3) is 0 Å². The van der Waals surface area contributed by atoms with E-state index in [2.05, 4.69) is 12.1 Å². The summed E-state index contributed by atoms with van der Waals surface area (Å²) in [6.45, 7) is 0.588. The van der Waals surface area contributed by atoms with Crippen LogP contribution in [0.5, 0.6) is 0 Å². The largest absolute Gasteiger partial charge is 0.390 e. The molecule has 1 aromatic carbocycles. The first-order chi connectivity index (χ1) is 6.22. The van der Waals surface area contributed by atoms with Gasteiger partial charge in [0.25, 0.3) is 0 Å². The van der Waals surface area contributed by atoms with Crippen LogP contribution in [0.3, 0.4) is 0 Å². The van der Waals surface area contributed by atoms with Crippen molar-refractivity contribution in [1.29, 1.82) is 0 Å². The fourth-order valence-corrected chi connectivity index (χ4v) is 1.49. The van der Waals surface area contributed by atoms with Crippen molar-refractivity contribution in [3.05, 3.63) is 35.4 Å². The average Bonchev–Trinajstić information content (AvgIpc) is 2.85. The van der Waals surface area contributed by atoms with Crippen molar-refractivity contribution in [2.75, 3.05) is 0 Å². The lowest BCUT2D eigenvalue weighted by atomic mass is 10.0. The van der Waals surface area contributed by atoms with Gasteiger partial charge >= 0.3 is 0 Å². The minimum atomic E-state index is -0.385. The van der Waals surface area contributed by atoms with E-state index in [0.717, 1.165) is 24.8 Å². The number of benzene rings is 1. The topological polar surface area (TPSA) is 46.2 Å². The molecule has 0 heterocycles. The Kier molecular flexibility index (Phi) is 2.10. The van der Waals surface area contributed by atoms with Gasteiger partial charge in [0.05, 0.1) is 5.60 Å². The average molecular weight is 177 g/mol. The molecule has 3 N–H and O–H groups in total. The molecule has 0 unspecified atom stereocenters. The molecule has 2 rings (SSSR count). The van der Waals surface area contributed by atoms with Crippen molar-refractivity contribution < 1.29 is 5.11 Å². The van der Waals surface area contributed by atoms with Crippen molar-refractivity contribution in [2.24, 2.45) is 5.73 Å². The number of aliphatic hydroxyl groups is 1. The van der Waals surface area contributed by atoms with Crippen molar-refractivity contribution in [2.45, 2.75) is 31.4 Å². The van der Waals surface area contributed by atoms with Crippen LogP contribution in [0.4, 0.5) is 0 Å². The molecule has 2 heteroatoms.